The normalized spacial score (nSPS) is 12.8. The number of ether oxygens (including phenoxy) is 3. The number of hydrogen-bond donors (Lipinski definition) is 0. The van der Waals surface area contributed by atoms with Gasteiger partial charge < -0.3 is 14.2 Å². The van der Waals surface area contributed by atoms with Crippen LogP contribution in [0.1, 0.15) is 239 Å². The van der Waals surface area contributed by atoms with E-state index in [9.17, 15) is 14.4 Å². The summed E-state index contributed by atoms with van der Waals surface area (Å²) in [4.78, 5) is 37.9. The Bertz CT molecular complexity index is 1310. The minimum atomic E-state index is -0.837. The Kier molecular flexibility index (Phi) is 50.0. The summed E-state index contributed by atoms with van der Waals surface area (Å²) in [6.45, 7) is 6.37. The number of carbonyl (C=O) groups excluding carboxylic acids is 3. The SMILES string of the molecule is CC/C=C\C/C=C\C/C=C\C/C=C\C/C=C\CC(=O)OC(COC(=O)CCCCCCC/C=C\CCCC)COC(=O)CCCCCCCCCCC/C=C\C/C=C\CCCCCCC. The molecule has 0 rings (SSSR count). The van der Waals surface area contributed by atoms with Gasteiger partial charge in [-0.3, -0.25) is 14.4 Å². The van der Waals surface area contributed by atoms with Crippen LogP contribution in [0.5, 0.6) is 0 Å². The van der Waals surface area contributed by atoms with Gasteiger partial charge in [-0.15, -0.1) is 0 Å². The molecule has 0 amide bonds. The van der Waals surface area contributed by atoms with Gasteiger partial charge >= 0.3 is 17.9 Å². The Morgan fingerprint density at radius 3 is 1.08 bits per heavy atom. The summed E-state index contributed by atoms with van der Waals surface area (Å²) in [5.74, 6) is -1.07. The van der Waals surface area contributed by atoms with Crippen LogP contribution in [0.3, 0.4) is 0 Å². The van der Waals surface area contributed by atoms with Crippen LogP contribution in [0.25, 0.3) is 0 Å². The van der Waals surface area contributed by atoms with Gasteiger partial charge in [-0.2, -0.15) is 0 Å². The molecule has 0 bridgehead atoms. The Labute approximate surface area is 400 Å². The van der Waals surface area contributed by atoms with Gasteiger partial charge in [-0.1, -0.05) is 221 Å². The van der Waals surface area contributed by atoms with Crippen molar-refractivity contribution in [3.63, 3.8) is 0 Å². The molecule has 0 aromatic carbocycles. The van der Waals surface area contributed by atoms with Crippen molar-refractivity contribution in [2.24, 2.45) is 0 Å². The standard InChI is InChI=1S/C59H98O6/c1-4-7-10-13-16-19-22-24-26-27-28-29-30-31-33-34-37-40-43-46-49-52-58(61)64-55-56(54-63-57(60)51-48-45-42-39-36-21-18-15-12-9-6-3)65-59(62)53-50-47-44-41-38-35-32-25-23-20-17-14-11-8-5-2/h8,11,15,17-18,20,22,24-25,27-28,32,38,41,47,50,56H,4-7,9-10,12-14,16,19,21,23,26,29-31,33-37,39-40,42-46,48-49,51-55H2,1-3H3/b11-8-,18-15-,20-17-,24-22-,28-27-,32-25-,41-38-,50-47-. The second kappa shape index (κ2) is 52.9. The fourth-order valence-electron chi connectivity index (χ4n) is 7.06. The molecule has 0 radical (unpaired) electrons. The van der Waals surface area contributed by atoms with Crippen LogP contribution in [0, 0.1) is 0 Å². The van der Waals surface area contributed by atoms with E-state index in [0.717, 1.165) is 89.9 Å². The molecule has 0 fully saturated rings. The first-order valence-corrected chi connectivity index (χ1v) is 26.7. The maximum atomic E-state index is 12.7. The molecule has 1 atom stereocenters. The number of allylic oxidation sites excluding steroid dienone is 15. The molecule has 6 heteroatoms. The van der Waals surface area contributed by atoms with Crippen molar-refractivity contribution >= 4 is 17.9 Å². The van der Waals surface area contributed by atoms with Gasteiger partial charge in [-0.05, 0) is 96.3 Å². The number of carbonyl (C=O) groups is 3. The number of hydrogen-bond acceptors (Lipinski definition) is 6. The molecule has 370 valence electrons. The molecule has 1 unspecified atom stereocenters. The quantitative estimate of drug-likeness (QED) is 0.0262. The molecule has 0 aromatic rings. The van der Waals surface area contributed by atoms with Crippen LogP contribution in [-0.2, 0) is 28.6 Å². The second-order valence-corrected chi connectivity index (χ2v) is 17.4. The van der Waals surface area contributed by atoms with E-state index < -0.39 is 12.1 Å². The fourth-order valence-corrected chi connectivity index (χ4v) is 7.06. The van der Waals surface area contributed by atoms with Crippen molar-refractivity contribution in [2.45, 2.75) is 245 Å². The van der Waals surface area contributed by atoms with Crippen LogP contribution in [-0.4, -0.2) is 37.2 Å². The van der Waals surface area contributed by atoms with Crippen molar-refractivity contribution in [2.75, 3.05) is 13.2 Å². The predicted octanol–water partition coefficient (Wildman–Crippen LogP) is 17.8. The summed E-state index contributed by atoms with van der Waals surface area (Å²) < 4.78 is 16.7. The van der Waals surface area contributed by atoms with E-state index in [1.165, 1.54) is 109 Å². The summed E-state index contributed by atoms with van der Waals surface area (Å²) in [6, 6.07) is 0. The zero-order valence-electron chi connectivity index (χ0n) is 42.2. The third-order valence-corrected chi connectivity index (χ3v) is 11.1. The third kappa shape index (κ3) is 51.2. The molecule has 0 aromatic heterocycles. The molecule has 65 heavy (non-hydrogen) atoms. The lowest BCUT2D eigenvalue weighted by Crippen LogP contribution is -2.30. The van der Waals surface area contributed by atoms with Crippen molar-refractivity contribution < 1.29 is 28.6 Å². The van der Waals surface area contributed by atoms with Gasteiger partial charge in [0.25, 0.3) is 0 Å². The molecular formula is C59H98O6. The number of esters is 3. The van der Waals surface area contributed by atoms with Crippen LogP contribution in [0.2, 0.25) is 0 Å². The van der Waals surface area contributed by atoms with Gasteiger partial charge in [0.1, 0.15) is 13.2 Å². The van der Waals surface area contributed by atoms with Crippen molar-refractivity contribution in [3.05, 3.63) is 97.2 Å². The minimum absolute atomic E-state index is 0.0925. The summed E-state index contributed by atoms with van der Waals surface area (Å²) in [6.07, 6.45) is 69.9. The minimum Gasteiger partial charge on any atom is -0.462 e. The van der Waals surface area contributed by atoms with E-state index in [-0.39, 0.29) is 31.6 Å². The highest BCUT2D eigenvalue weighted by molar-refractivity contribution is 5.72. The monoisotopic (exact) mass is 903 g/mol. The average molecular weight is 903 g/mol. The molecule has 0 aliphatic carbocycles. The lowest BCUT2D eigenvalue weighted by atomic mass is 10.1. The van der Waals surface area contributed by atoms with Gasteiger partial charge in [0, 0.05) is 12.8 Å². The smallest absolute Gasteiger partial charge is 0.310 e. The molecule has 6 nitrogen and oxygen atoms in total. The number of rotatable bonds is 47. The summed E-state index contributed by atoms with van der Waals surface area (Å²) in [5, 5.41) is 0. The van der Waals surface area contributed by atoms with E-state index in [4.69, 9.17) is 14.2 Å². The Balaban J connectivity index is 4.44. The van der Waals surface area contributed by atoms with Crippen molar-refractivity contribution in [3.8, 4) is 0 Å². The summed E-state index contributed by atoms with van der Waals surface area (Å²) >= 11 is 0. The first kappa shape index (κ1) is 61.3. The zero-order valence-corrected chi connectivity index (χ0v) is 42.2. The van der Waals surface area contributed by atoms with E-state index in [1.807, 2.05) is 6.08 Å². The topological polar surface area (TPSA) is 78.9 Å². The molecule has 0 saturated carbocycles. The lowest BCUT2D eigenvalue weighted by Gasteiger charge is -2.18. The Morgan fingerprint density at radius 2 is 0.662 bits per heavy atom. The van der Waals surface area contributed by atoms with Crippen LogP contribution in [0.4, 0.5) is 0 Å². The largest absolute Gasteiger partial charge is 0.462 e. The number of unbranched alkanes of at least 4 members (excludes halogenated alkanes) is 21. The third-order valence-electron chi connectivity index (χ3n) is 11.1. The lowest BCUT2D eigenvalue weighted by molar-refractivity contribution is -0.166. The molecule has 0 spiro atoms. The average Bonchev–Trinajstić information content (AvgIpc) is 3.30. The highest BCUT2D eigenvalue weighted by Crippen LogP contribution is 2.14. The molecule has 0 heterocycles. The van der Waals surface area contributed by atoms with Crippen molar-refractivity contribution in [1.29, 1.82) is 0 Å². The molecule has 0 aliphatic rings. The van der Waals surface area contributed by atoms with Crippen LogP contribution in [0.15, 0.2) is 97.2 Å². The highest BCUT2D eigenvalue weighted by Gasteiger charge is 2.19. The summed E-state index contributed by atoms with van der Waals surface area (Å²) in [5.41, 5.74) is 0. The van der Waals surface area contributed by atoms with E-state index in [2.05, 4.69) is 106 Å². The van der Waals surface area contributed by atoms with Crippen LogP contribution < -0.4 is 0 Å². The molecule has 0 N–H and O–H groups in total. The predicted molar refractivity (Wildman–Crippen MR) is 279 cm³/mol. The van der Waals surface area contributed by atoms with Gasteiger partial charge in [0.2, 0.25) is 0 Å². The van der Waals surface area contributed by atoms with Gasteiger partial charge in [-0.25, -0.2) is 0 Å². The fraction of sp³-hybridized carbons (Fsp3) is 0.678. The molecule has 0 saturated heterocycles. The van der Waals surface area contributed by atoms with E-state index >= 15 is 0 Å². The van der Waals surface area contributed by atoms with E-state index in [0.29, 0.717) is 12.8 Å². The van der Waals surface area contributed by atoms with Gasteiger partial charge in [0.05, 0.1) is 6.42 Å². The van der Waals surface area contributed by atoms with Gasteiger partial charge in [0.15, 0.2) is 6.10 Å². The first-order chi connectivity index (χ1) is 32.0. The first-order valence-electron chi connectivity index (χ1n) is 26.7. The Hall–Kier alpha value is -3.67. The van der Waals surface area contributed by atoms with Crippen LogP contribution >= 0.6 is 0 Å². The molecular weight excluding hydrogens is 805 g/mol. The maximum absolute atomic E-state index is 12.7. The molecule has 0 aliphatic heterocycles. The summed E-state index contributed by atoms with van der Waals surface area (Å²) in [7, 11) is 0. The Morgan fingerprint density at radius 1 is 0.338 bits per heavy atom. The highest BCUT2D eigenvalue weighted by atomic mass is 16.6. The second-order valence-electron chi connectivity index (χ2n) is 17.4. The maximum Gasteiger partial charge on any atom is 0.310 e. The zero-order chi connectivity index (χ0) is 47.2. The van der Waals surface area contributed by atoms with E-state index in [1.54, 1.807) is 6.08 Å². The van der Waals surface area contributed by atoms with Crippen molar-refractivity contribution in [1.82, 2.24) is 0 Å².